The molecular formula is C8H18O3. The molecule has 0 spiro atoms. The normalized spacial score (nSPS) is 31.6. The number of hydrogen-bond acceptors (Lipinski definition) is 3. The Bertz CT molecular complexity index is 75.4. The molecule has 0 aromatic carbocycles. The predicted octanol–water partition coefficient (Wildman–Crippen LogP) is 0.545. The quantitative estimate of drug-likeness (QED) is 0.546. The Hall–Kier alpha value is -0.120. The molecule has 11 heavy (non-hydrogen) atoms. The van der Waals surface area contributed by atoms with Crippen LogP contribution in [0.4, 0.5) is 0 Å². The van der Waals surface area contributed by atoms with E-state index in [9.17, 15) is 0 Å². The number of ether oxygens (including phenoxy) is 1. The second-order valence-corrected chi connectivity index (χ2v) is 2.41. The van der Waals surface area contributed by atoms with E-state index >= 15 is 0 Å². The number of aliphatic hydroxyl groups excluding tert-OH is 2. The zero-order valence-corrected chi connectivity index (χ0v) is 7.29. The Morgan fingerprint density at radius 3 is 2.45 bits per heavy atom. The largest absolute Gasteiger partial charge is 0.393 e. The summed E-state index contributed by atoms with van der Waals surface area (Å²) in [5.41, 5.74) is 0. The maximum Gasteiger partial charge on any atom is 0.0798 e. The van der Waals surface area contributed by atoms with Gasteiger partial charge in [0.1, 0.15) is 0 Å². The highest BCUT2D eigenvalue weighted by Gasteiger charge is 2.15. The fourth-order valence-corrected chi connectivity index (χ4v) is 0.939. The summed E-state index contributed by atoms with van der Waals surface area (Å²) in [4.78, 5) is 0. The molecule has 3 nitrogen and oxygen atoms in total. The molecule has 1 fully saturated rings. The number of rotatable bonds is 0. The molecule has 1 rings (SSSR count). The van der Waals surface area contributed by atoms with E-state index in [1.165, 1.54) is 0 Å². The van der Waals surface area contributed by atoms with Crippen LogP contribution in [0.5, 0.6) is 0 Å². The highest BCUT2D eigenvalue weighted by molar-refractivity contribution is 4.66. The molecule has 1 heterocycles. The molecule has 1 aliphatic heterocycles. The molecule has 3 heteroatoms. The van der Waals surface area contributed by atoms with E-state index in [-0.39, 0.29) is 6.10 Å². The molecule has 0 bridgehead atoms. The van der Waals surface area contributed by atoms with Crippen molar-refractivity contribution >= 4 is 0 Å². The molecular weight excluding hydrogens is 144 g/mol. The smallest absolute Gasteiger partial charge is 0.0798 e. The van der Waals surface area contributed by atoms with Gasteiger partial charge in [0.2, 0.25) is 0 Å². The Morgan fingerprint density at radius 2 is 1.82 bits per heavy atom. The zero-order valence-electron chi connectivity index (χ0n) is 7.29. The maximum atomic E-state index is 9.02. The van der Waals surface area contributed by atoms with Crippen LogP contribution in [0.2, 0.25) is 0 Å². The molecule has 1 saturated heterocycles. The van der Waals surface area contributed by atoms with Crippen molar-refractivity contribution in [2.24, 2.45) is 0 Å². The minimum absolute atomic E-state index is 0.372. The van der Waals surface area contributed by atoms with Crippen LogP contribution in [0, 0.1) is 0 Å². The summed E-state index contributed by atoms with van der Waals surface area (Å²) < 4.78 is 4.97. The topological polar surface area (TPSA) is 49.7 Å². The molecule has 0 amide bonds. The fraction of sp³-hybridized carbons (Fsp3) is 1.00. The van der Waals surface area contributed by atoms with E-state index < -0.39 is 6.10 Å². The van der Waals surface area contributed by atoms with Gasteiger partial charge in [0, 0.05) is 13.0 Å². The first-order valence-electron chi connectivity index (χ1n) is 4.23. The van der Waals surface area contributed by atoms with Gasteiger partial charge < -0.3 is 14.9 Å². The Labute approximate surface area is 68.0 Å². The molecule has 0 radical (unpaired) electrons. The molecule has 2 unspecified atom stereocenters. The van der Waals surface area contributed by atoms with Crippen LogP contribution in [0.1, 0.15) is 26.7 Å². The Balaban J connectivity index is 0.000000461. The van der Waals surface area contributed by atoms with Crippen molar-refractivity contribution in [3.63, 3.8) is 0 Å². The Kier molecular flexibility index (Phi) is 6.51. The van der Waals surface area contributed by atoms with E-state index in [2.05, 4.69) is 0 Å². The monoisotopic (exact) mass is 162 g/mol. The minimum Gasteiger partial charge on any atom is -0.393 e. The second-order valence-electron chi connectivity index (χ2n) is 2.41. The van der Waals surface area contributed by atoms with Gasteiger partial charge in [-0.3, -0.25) is 0 Å². The van der Waals surface area contributed by atoms with Crippen LogP contribution in [0.15, 0.2) is 0 Å². The van der Waals surface area contributed by atoms with Crippen molar-refractivity contribution in [1.82, 2.24) is 0 Å². The lowest BCUT2D eigenvalue weighted by atomic mass is 10.1. The summed E-state index contributed by atoms with van der Waals surface area (Å²) in [5.74, 6) is 0. The highest BCUT2D eigenvalue weighted by atomic mass is 16.5. The Morgan fingerprint density at radius 1 is 1.18 bits per heavy atom. The van der Waals surface area contributed by atoms with Crippen LogP contribution in [0.25, 0.3) is 0 Å². The van der Waals surface area contributed by atoms with E-state index in [1.54, 1.807) is 0 Å². The van der Waals surface area contributed by atoms with Crippen molar-refractivity contribution in [1.29, 1.82) is 0 Å². The first-order chi connectivity index (χ1) is 5.29. The summed E-state index contributed by atoms with van der Waals surface area (Å²) in [7, 11) is 0. The van der Waals surface area contributed by atoms with Gasteiger partial charge in [-0.05, 0) is 6.42 Å². The van der Waals surface area contributed by atoms with Crippen molar-refractivity contribution in [2.45, 2.75) is 38.9 Å². The van der Waals surface area contributed by atoms with Crippen LogP contribution in [0.3, 0.4) is 0 Å². The van der Waals surface area contributed by atoms with Gasteiger partial charge in [-0.15, -0.1) is 0 Å². The van der Waals surface area contributed by atoms with Gasteiger partial charge in [0.05, 0.1) is 18.8 Å². The fourth-order valence-electron chi connectivity index (χ4n) is 0.939. The number of hydrogen-bond donors (Lipinski definition) is 2. The summed E-state index contributed by atoms with van der Waals surface area (Å²) in [6.07, 6.45) is 0.266. The first kappa shape index (κ1) is 10.9. The molecule has 68 valence electrons. The van der Waals surface area contributed by atoms with E-state index in [0.717, 1.165) is 0 Å². The van der Waals surface area contributed by atoms with Crippen molar-refractivity contribution in [2.75, 3.05) is 13.2 Å². The average Bonchev–Trinajstić information content (AvgIpc) is 2.18. The van der Waals surface area contributed by atoms with Gasteiger partial charge in [-0.25, -0.2) is 0 Å². The van der Waals surface area contributed by atoms with Gasteiger partial charge in [0.15, 0.2) is 0 Å². The lowest BCUT2D eigenvalue weighted by Crippen LogP contribution is -2.17. The van der Waals surface area contributed by atoms with Crippen LogP contribution >= 0.6 is 0 Å². The van der Waals surface area contributed by atoms with Crippen LogP contribution in [-0.4, -0.2) is 35.6 Å². The lowest BCUT2D eigenvalue weighted by Gasteiger charge is -2.07. The van der Waals surface area contributed by atoms with Crippen molar-refractivity contribution < 1.29 is 14.9 Å². The van der Waals surface area contributed by atoms with Crippen molar-refractivity contribution in [3.05, 3.63) is 0 Å². The maximum absolute atomic E-state index is 9.02. The number of aliphatic hydroxyl groups is 2. The zero-order chi connectivity index (χ0) is 8.69. The predicted molar refractivity (Wildman–Crippen MR) is 43.4 cm³/mol. The van der Waals surface area contributed by atoms with Gasteiger partial charge in [-0.1, -0.05) is 13.8 Å². The minimum atomic E-state index is -0.470. The standard InChI is InChI=1S/C6H12O3.C2H6/c7-5-1-2-9-4-6(8)3-5;1-2/h5-8H,1-4H2;1-2H3. The molecule has 0 saturated carbocycles. The SMILES string of the molecule is CC.OC1CCOCC(O)C1. The molecule has 2 atom stereocenters. The third kappa shape index (κ3) is 5.18. The van der Waals surface area contributed by atoms with Gasteiger partial charge in [-0.2, -0.15) is 0 Å². The summed E-state index contributed by atoms with van der Waals surface area (Å²) in [5, 5.41) is 18.0. The van der Waals surface area contributed by atoms with E-state index in [0.29, 0.717) is 26.1 Å². The van der Waals surface area contributed by atoms with Gasteiger partial charge in [0.25, 0.3) is 0 Å². The third-order valence-corrected chi connectivity index (χ3v) is 1.45. The lowest BCUT2D eigenvalue weighted by molar-refractivity contribution is 0.0464. The summed E-state index contributed by atoms with van der Waals surface area (Å²) in [6.45, 7) is 4.94. The molecule has 0 aliphatic carbocycles. The van der Waals surface area contributed by atoms with Crippen molar-refractivity contribution in [3.8, 4) is 0 Å². The first-order valence-corrected chi connectivity index (χ1v) is 4.23. The highest BCUT2D eigenvalue weighted by Crippen LogP contribution is 2.07. The third-order valence-electron chi connectivity index (χ3n) is 1.45. The van der Waals surface area contributed by atoms with E-state index in [1.807, 2.05) is 13.8 Å². The molecule has 0 aromatic rings. The van der Waals surface area contributed by atoms with Gasteiger partial charge >= 0.3 is 0 Å². The average molecular weight is 162 g/mol. The second kappa shape index (κ2) is 6.58. The summed E-state index contributed by atoms with van der Waals surface area (Å²) >= 11 is 0. The summed E-state index contributed by atoms with van der Waals surface area (Å²) in [6, 6.07) is 0. The van der Waals surface area contributed by atoms with Crippen LogP contribution in [-0.2, 0) is 4.74 Å². The van der Waals surface area contributed by atoms with Crippen LogP contribution < -0.4 is 0 Å². The molecule has 1 aliphatic rings. The van der Waals surface area contributed by atoms with E-state index in [4.69, 9.17) is 14.9 Å². The molecule has 0 aromatic heterocycles. The molecule has 2 N–H and O–H groups in total.